The van der Waals surface area contributed by atoms with Crippen LogP contribution in [-0.2, 0) is 16.1 Å². The van der Waals surface area contributed by atoms with Gasteiger partial charge < -0.3 is 15.0 Å². The summed E-state index contributed by atoms with van der Waals surface area (Å²) in [5.41, 5.74) is 0.983. The van der Waals surface area contributed by atoms with Crippen LogP contribution in [0.3, 0.4) is 0 Å². The number of halogens is 1. The maximum Gasteiger partial charge on any atom is 0.317 e. The third-order valence-corrected chi connectivity index (χ3v) is 3.94. The summed E-state index contributed by atoms with van der Waals surface area (Å²) in [4.78, 5) is 25.7. The molecule has 1 atom stereocenters. The first-order valence-electron chi connectivity index (χ1n) is 7.54. The van der Waals surface area contributed by atoms with Gasteiger partial charge in [-0.3, -0.25) is 4.79 Å². The summed E-state index contributed by atoms with van der Waals surface area (Å²) in [6.45, 7) is 3.69. The number of nitrogens with zero attached hydrogens (tertiary/aromatic N) is 1. The Labute approximate surface area is 135 Å². The fourth-order valence-electron chi connectivity index (χ4n) is 2.51. The lowest BCUT2D eigenvalue weighted by molar-refractivity contribution is -0.149. The molecule has 1 unspecified atom stereocenters. The monoisotopic (exact) mass is 324 g/mol. The van der Waals surface area contributed by atoms with Crippen molar-refractivity contribution in [2.45, 2.75) is 26.3 Å². The Bertz CT molecular complexity index is 519. The number of urea groups is 1. The molecule has 0 aliphatic carbocycles. The maximum atomic E-state index is 12.2. The van der Waals surface area contributed by atoms with Gasteiger partial charge in [0.05, 0.1) is 12.5 Å². The molecule has 1 N–H and O–H groups in total. The minimum atomic E-state index is -0.213. The lowest BCUT2D eigenvalue weighted by atomic mass is 9.98. The van der Waals surface area contributed by atoms with Crippen molar-refractivity contribution in [1.29, 1.82) is 0 Å². The highest BCUT2D eigenvalue weighted by Crippen LogP contribution is 2.18. The molecule has 120 valence electrons. The van der Waals surface area contributed by atoms with E-state index in [0.717, 1.165) is 18.4 Å². The van der Waals surface area contributed by atoms with Crippen LogP contribution in [0, 0.1) is 5.92 Å². The normalized spacial score (nSPS) is 17.9. The Morgan fingerprint density at radius 2 is 2.09 bits per heavy atom. The Hall–Kier alpha value is -1.75. The van der Waals surface area contributed by atoms with Crippen molar-refractivity contribution in [3.05, 3.63) is 34.9 Å². The van der Waals surface area contributed by atoms with Gasteiger partial charge in [-0.2, -0.15) is 0 Å². The highest BCUT2D eigenvalue weighted by Gasteiger charge is 2.29. The number of esters is 1. The van der Waals surface area contributed by atoms with Gasteiger partial charge >= 0.3 is 12.0 Å². The number of carbonyl (C=O) groups excluding carboxylic acids is 2. The van der Waals surface area contributed by atoms with E-state index in [1.165, 1.54) is 0 Å². The first-order valence-corrected chi connectivity index (χ1v) is 7.91. The number of benzene rings is 1. The van der Waals surface area contributed by atoms with Crippen molar-refractivity contribution < 1.29 is 14.3 Å². The summed E-state index contributed by atoms with van der Waals surface area (Å²) in [6, 6.07) is 7.19. The standard InChI is InChI=1S/C16H21ClN2O3/c1-2-22-15(20)13-4-3-9-19(11-13)16(21)18-10-12-5-7-14(17)8-6-12/h5-8,13H,2-4,9-11H2,1H3,(H,18,21). The van der Waals surface area contributed by atoms with Gasteiger partial charge in [0.1, 0.15) is 0 Å². The smallest absolute Gasteiger partial charge is 0.317 e. The molecule has 0 spiro atoms. The van der Waals surface area contributed by atoms with Crippen LogP contribution in [0.1, 0.15) is 25.3 Å². The topological polar surface area (TPSA) is 58.6 Å². The van der Waals surface area contributed by atoms with Gasteiger partial charge in [0.25, 0.3) is 0 Å². The molecular formula is C16H21ClN2O3. The van der Waals surface area contributed by atoms with Crippen LogP contribution in [0.15, 0.2) is 24.3 Å². The molecule has 0 bridgehead atoms. The summed E-state index contributed by atoms with van der Waals surface area (Å²) in [5.74, 6) is -0.423. The number of ether oxygens (including phenoxy) is 1. The van der Waals surface area contributed by atoms with Crippen molar-refractivity contribution in [3.8, 4) is 0 Å². The van der Waals surface area contributed by atoms with E-state index in [1.807, 2.05) is 12.1 Å². The second-order valence-electron chi connectivity index (χ2n) is 5.32. The minimum Gasteiger partial charge on any atom is -0.466 e. The van der Waals surface area contributed by atoms with Gasteiger partial charge in [-0.1, -0.05) is 23.7 Å². The Balaban J connectivity index is 1.83. The van der Waals surface area contributed by atoms with Gasteiger partial charge in [-0.25, -0.2) is 4.79 Å². The van der Waals surface area contributed by atoms with Crippen molar-refractivity contribution in [2.75, 3.05) is 19.7 Å². The van der Waals surface area contributed by atoms with Gasteiger partial charge in [0.15, 0.2) is 0 Å². The molecule has 0 radical (unpaired) electrons. The predicted molar refractivity (Wildman–Crippen MR) is 84.6 cm³/mol. The van der Waals surface area contributed by atoms with Crippen LogP contribution in [0.25, 0.3) is 0 Å². The van der Waals surface area contributed by atoms with E-state index in [1.54, 1.807) is 24.0 Å². The van der Waals surface area contributed by atoms with Crippen LogP contribution in [-0.4, -0.2) is 36.6 Å². The van der Waals surface area contributed by atoms with E-state index in [2.05, 4.69) is 5.32 Å². The highest BCUT2D eigenvalue weighted by molar-refractivity contribution is 6.30. The fourth-order valence-corrected chi connectivity index (χ4v) is 2.63. The Kier molecular flexibility index (Phi) is 6.07. The van der Waals surface area contributed by atoms with Crippen molar-refractivity contribution in [2.24, 2.45) is 5.92 Å². The average Bonchev–Trinajstić information content (AvgIpc) is 2.54. The van der Waals surface area contributed by atoms with E-state index in [0.29, 0.717) is 31.3 Å². The summed E-state index contributed by atoms with van der Waals surface area (Å²) < 4.78 is 5.04. The maximum absolute atomic E-state index is 12.2. The number of rotatable bonds is 4. The number of amides is 2. The van der Waals surface area contributed by atoms with Gasteiger partial charge in [-0.05, 0) is 37.5 Å². The number of hydrogen-bond acceptors (Lipinski definition) is 3. The molecule has 0 aromatic heterocycles. The summed E-state index contributed by atoms with van der Waals surface area (Å²) in [6.07, 6.45) is 1.59. The predicted octanol–water partition coefficient (Wildman–Crippen LogP) is 2.82. The zero-order valence-corrected chi connectivity index (χ0v) is 13.4. The number of carbonyl (C=O) groups is 2. The number of hydrogen-bond donors (Lipinski definition) is 1. The fraction of sp³-hybridized carbons (Fsp3) is 0.500. The molecule has 0 saturated carbocycles. The molecule has 1 aliphatic heterocycles. The molecule has 1 heterocycles. The van der Waals surface area contributed by atoms with Crippen LogP contribution in [0.4, 0.5) is 4.79 Å². The third-order valence-electron chi connectivity index (χ3n) is 3.69. The first kappa shape index (κ1) is 16.6. The second-order valence-corrected chi connectivity index (χ2v) is 5.76. The van der Waals surface area contributed by atoms with Crippen LogP contribution < -0.4 is 5.32 Å². The van der Waals surface area contributed by atoms with Crippen LogP contribution in [0.2, 0.25) is 5.02 Å². The van der Waals surface area contributed by atoms with Crippen molar-refractivity contribution in [3.63, 3.8) is 0 Å². The van der Waals surface area contributed by atoms with Crippen LogP contribution >= 0.6 is 11.6 Å². The van der Waals surface area contributed by atoms with Gasteiger partial charge in [-0.15, -0.1) is 0 Å². The number of piperidine rings is 1. The number of likely N-dealkylation sites (tertiary alicyclic amines) is 1. The van der Waals surface area contributed by atoms with E-state index < -0.39 is 0 Å². The average molecular weight is 325 g/mol. The van der Waals surface area contributed by atoms with Gasteiger partial charge in [0.2, 0.25) is 0 Å². The zero-order valence-electron chi connectivity index (χ0n) is 12.7. The summed E-state index contributed by atoms with van der Waals surface area (Å²) >= 11 is 5.83. The van der Waals surface area contributed by atoms with E-state index >= 15 is 0 Å². The SMILES string of the molecule is CCOC(=O)C1CCCN(C(=O)NCc2ccc(Cl)cc2)C1. The molecule has 5 nitrogen and oxygen atoms in total. The first-order chi connectivity index (χ1) is 10.6. The zero-order chi connectivity index (χ0) is 15.9. The molecule has 6 heteroatoms. The Morgan fingerprint density at radius 3 is 2.77 bits per heavy atom. The summed E-state index contributed by atoms with van der Waals surface area (Å²) in [7, 11) is 0. The largest absolute Gasteiger partial charge is 0.466 e. The van der Waals surface area contributed by atoms with Gasteiger partial charge in [0, 0.05) is 24.7 Å². The van der Waals surface area contributed by atoms with Crippen LogP contribution in [0.5, 0.6) is 0 Å². The molecule has 2 rings (SSSR count). The summed E-state index contributed by atoms with van der Waals surface area (Å²) in [5, 5.41) is 3.54. The molecule has 1 aromatic rings. The molecule has 1 aromatic carbocycles. The van der Waals surface area contributed by atoms with E-state index in [-0.39, 0.29) is 17.9 Å². The van der Waals surface area contributed by atoms with E-state index in [9.17, 15) is 9.59 Å². The highest BCUT2D eigenvalue weighted by atomic mass is 35.5. The molecule has 22 heavy (non-hydrogen) atoms. The molecule has 2 amide bonds. The van der Waals surface area contributed by atoms with E-state index in [4.69, 9.17) is 16.3 Å². The lowest BCUT2D eigenvalue weighted by Gasteiger charge is -2.31. The lowest BCUT2D eigenvalue weighted by Crippen LogP contribution is -2.47. The Morgan fingerprint density at radius 1 is 1.36 bits per heavy atom. The third kappa shape index (κ3) is 4.63. The molecule has 1 saturated heterocycles. The molecule has 1 aliphatic rings. The minimum absolute atomic E-state index is 0.149. The quantitative estimate of drug-likeness (QED) is 0.866. The molecular weight excluding hydrogens is 304 g/mol. The van der Waals surface area contributed by atoms with Crippen molar-refractivity contribution in [1.82, 2.24) is 10.2 Å². The van der Waals surface area contributed by atoms with Crippen molar-refractivity contribution >= 4 is 23.6 Å². The second kappa shape index (κ2) is 8.03. The molecule has 1 fully saturated rings. The number of nitrogens with one attached hydrogen (secondary N) is 1.